The van der Waals surface area contributed by atoms with Crippen LogP contribution in [-0.2, 0) is 9.84 Å². The Morgan fingerprint density at radius 1 is 1.31 bits per heavy atom. The van der Waals surface area contributed by atoms with Crippen LogP contribution >= 0.6 is 0 Å². The van der Waals surface area contributed by atoms with E-state index in [4.69, 9.17) is 0 Å². The summed E-state index contributed by atoms with van der Waals surface area (Å²) < 4.78 is 22.3. The van der Waals surface area contributed by atoms with Gasteiger partial charge in [-0.15, -0.1) is 0 Å². The Hall–Kier alpha value is -0.710. The van der Waals surface area contributed by atoms with Crippen LogP contribution in [-0.4, -0.2) is 31.6 Å². The molecule has 0 N–H and O–H groups in total. The summed E-state index contributed by atoms with van der Waals surface area (Å²) in [6.07, 6.45) is 1.13. The topological polar surface area (TPSA) is 58.9 Å². The van der Waals surface area contributed by atoms with E-state index in [1.807, 2.05) is 20.8 Å². The SMILES string of the molecule is CC1=NC(S(C)(=O)=O)=NC(C)C1C. The highest BCUT2D eigenvalue weighted by Crippen LogP contribution is 2.16. The molecule has 2 atom stereocenters. The summed E-state index contributed by atoms with van der Waals surface area (Å²) in [5.41, 5.74) is 0.836. The lowest BCUT2D eigenvalue weighted by molar-refractivity contribution is 0.596. The molecule has 0 saturated heterocycles. The second-order valence-corrected chi connectivity index (χ2v) is 5.38. The summed E-state index contributed by atoms with van der Waals surface area (Å²) in [6, 6.07) is 0.00206. The molecule has 74 valence electrons. The van der Waals surface area contributed by atoms with E-state index in [-0.39, 0.29) is 17.1 Å². The predicted octanol–water partition coefficient (Wildman–Crippen LogP) is 0.886. The van der Waals surface area contributed by atoms with E-state index in [9.17, 15) is 8.42 Å². The smallest absolute Gasteiger partial charge is 0.242 e. The summed E-state index contributed by atoms with van der Waals surface area (Å²) in [5.74, 6) is 0.227. The molecule has 13 heavy (non-hydrogen) atoms. The first-order valence-electron chi connectivity index (χ1n) is 4.15. The van der Waals surface area contributed by atoms with Gasteiger partial charge in [-0.25, -0.2) is 13.4 Å². The van der Waals surface area contributed by atoms with Crippen molar-refractivity contribution in [2.24, 2.45) is 15.9 Å². The molecule has 1 aliphatic heterocycles. The van der Waals surface area contributed by atoms with Gasteiger partial charge in [-0.2, -0.15) is 0 Å². The molecule has 2 unspecified atom stereocenters. The zero-order chi connectivity index (χ0) is 10.2. The molecule has 0 aliphatic carbocycles. The van der Waals surface area contributed by atoms with E-state index in [1.54, 1.807) is 0 Å². The van der Waals surface area contributed by atoms with Crippen molar-refractivity contribution in [1.82, 2.24) is 0 Å². The van der Waals surface area contributed by atoms with Gasteiger partial charge in [0.15, 0.2) is 0 Å². The zero-order valence-electron chi connectivity index (χ0n) is 8.27. The van der Waals surface area contributed by atoms with Crippen molar-refractivity contribution in [3.8, 4) is 0 Å². The standard InChI is InChI=1S/C8H14N2O2S/c1-5-6(2)9-8(10-7(5)3)13(4,11)12/h5-6H,1-4H3. The third-order valence-electron chi connectivity index (χ3n) is 2.30. The Labute approximate surface area is 78.7 Å². The Balaban J connectivity index is 3.12. The highest BCUT2D eigenvalue weighted by Gasteiger charge is 2.24. The fourth-order valence-corrected chi connectivity index (χ4v) is 1.76. The van der Waals surface area contributed by atoms with E-state index >= 15 is 0 Å². The first kappa shape index (κ1) is 10.4. The summed E-state index contributed by atoms with van der Waals surface area (Å²) in [4.78, 5) is 7.99. The first-order chi connectivity index (χ1) is 5.82. The molecule has 0 aromatic rings. The molecule has 0 spiro atoms. The number of aliphatic imine (C=N–C) groups is 2. The zero-order valence-corrected chi connectivity index (χ0v) is 9.09. The van der Waals surface area contributed by atoms with Crippen molar-refractivity contribution >= 4 is 20.7 Å². The molecule has 0 radical (unpaired) electrons. The fraction of sp³-hybridized carbons (Fsp3) is 0.750. The van der Waals surface area contributed by atoms with Crippen molar-refractivity contribution in [2.45, 2.75) is 26.8 Å². The van der Waals surface area contributed by atoms with Crippen LogP contribution in [0.2, 0.25) is 0 Å². The van der Waals surface area contributed by atoms with E-state index in [0.29, 0.717) is 0 Å². The van der Waals surface area contributed by atoms with Crippen molar-refractivity contribution < 1.29 is 8.42 Å². The van der Waals surface area contributed by atoms with Crippen LogP contribution in [0.5, 0.6) is 0 Å². The van der Waals surface area contributed by atoms with Crippen molar-refractivity contribution in [3.05, 3.63) is 0 Å². The normalized spacial score (nSPS) is 29.5. The molecule has 1 rings (SSSR count). The predicted molar refractivity (Wildman–Crippen MR) is 54.0 cm³/mol. The van der Waals surface area contributed by atoms with Crippen LogP contribution in [0.15, 0.2) is 9.98 Å². The maximum Gasteiger partial charge on any atom is 0.242 e. The minimum absolute atomic E-state index is 0.00206. The lowest BCUT2D eigenvalue weighted by Gasteiger charge is -2.21. The quantitative estimate of drug-likeness (QED) is 0.585. The van der Waals surface area contributed by atoms with E-state index in [0.717, 1.165) is 12.0 Å². The molecular weight excluding hydrogens is 188 g/mol. The van der Waals surface area contributed by atoms with Crippen LogP contribution in [0.25, 0.3) is 0 Å². The van der Waals surface area contributed by atoms with Gasteiger partial charge in [-0.05, 0) is 13.8 Å². The molecule has 1 aliphatic rings. The number of hydrogen-bond acceptors (Lipinski definition) is 4. The number of rotatable bonds is 0. The Morgan fingerprint density at radius 2 is 1.85 bits per heavy atom. The average Bonchev–Trinajstić information content (AvgIpc) is 1.97. The largest absolute Gasteiger partial charge is 0.253 e. The van der Waals surface area contributed by atoms with Gasteiger partial charge in [-0.3, -0.25) is 4.99 Å². The highest BCUT2D eigenvalue weighted by atomic mass is 32.2. The summed E-state index contributed by atoms with van der Waals surface area (Å²) in [5, 5.41) is -0.0319. The molecule has 4 nitrogen and oxygen atoms in total. The fourth-order valence-electron chi connectivity index (χ4n) is 1.10. The summed E-state index contributed by atoms with van der Waals surface area (Å²) in [6.45, 7) is 5.72. The van der Waals surface area contributed by atoms with Gasteiger partial charge in [0, 0.05) is 17.9 Å². The van der Waals surface area contributed by atoms with Gasteiger partial charge in [-0.1, -0.05) is 6.92 Å². The lowest BCUT2D eigenvalue weighted by Crippen LogP contribution is -2.29. The second-order valence-electron chi connectivity index (χ2n) is 3.47. The Kier molecular flexibility index (Phi) is 2.56. The number of sulfone groups is 1. The lowest BCUT2D eigenvalue weighted by atomic mass is 9.99. The second kappa shape index (κ2) is 3.21. The third-order valence-corrected chi connectivity index (χ3v) is 3.16. The van der Waals surface area contributed by atoms with Gasteiger partial charge in [0.1, 0.15) is 0 Å². The number of amidine groups is 1. The minimum atomic E-state index is -3.25. The molecule has 0 amide bonds. The minimum Gasteiger partial charge on any atom is -0.253 e. The van der Waals surface area contributed by atoms with Crippen LogP contribution in [0, 0.1) is 5.92 Å². The van der Waals surface area contributed by atoms with Crippen LogP contribution in [0.3, 0.4) is 0 Å². The maximum atomic E-state index is 11.1. The molecule has 0 bridgehead atoms. The van der Waals surface area contributed by atoms with Gasteiger partial charge in [0.25, 0.3) is 0 Å². The van der Waals surface area contributed by atoms with E-state index in [1.165, 1.54) is 0 Å². The van der Waals surface area contributed by atoms with Gasteiger partial charge < -0.3 is 0 Å². The molecule has 0 fully saturated rings. The molecule has 0 saturated carbocycles. The van der Waals surface area contributed by atoms with Gasteiger partial charge in [0.05, 0.1) is 6.04 Å². The van der Waals surface area contributed by atoms with E-state index < -0.39 is 9.84 Å². The third kappa shape index (κ3) is 2.15. The summed E-state index contributed by atoms with van der Waals surface area (Å²) >= 11 is 0. The molecule has 0 aromatic carbocycles. The highest BCUT2D eigenvalue weighted by molar-refractivity contribution is 8.05. The average molecular weight is 202 g/mol. The van der Waals surface area contributed by atoms with Crippen molar-refractivity contribution in [2.75, 3.05) is 6.26 Å². The van der Waals surface area contributed by atoms with Crippen LogP contribution in [0.4, 0.5) is 0 Å². The number of nitrogens with zero attached hydrogens (tertiary/aromatic N) is 2. The van der Waals surface area contributed by atoms with Crippen LogP contribution in [0.1, 0.15) is 20.8 Å². The Bertz CT molecular complexity index is 368. The molecular formula is C8H14N2O2S. The van der Waals surface area contributed by atoms with Crippen molar-refractivity contribution in [3.63, 3.8) is 0 Å². The van der Waals surface area contributed by atoms with Crippen LogP contribution < -0.4 is 0 Å². The number of hydrogen-bond donors (Lipinski definition) is 0. The van der Waals surface area contributed by atoms with Gasteiger partial charge >= 0.3 is 0 Å². The van der Waals surface area contributed by atoms with E-state index in [2.05, 4.69) is 9.98 Å². The molecule has 1 heterocycles. The first-order valence-corrected chi connectivity index (χ1v) is 6.04. The Morgan fingerprint density at radius 3 is 2.23 bits per heavy atom. The molecule has 5 heteroatoms. The summed E-state index contributed by atoms with van der Waals surface area (Å²) in [7, 11) is -3.25. The maximum absolute atomic E-state index is 11.1. The monoisotopic (exact) mass is 202 g/mol. The molecule has 0 aromatic heterocycles. The van der Waals surface area contributed by atoms with Gasteiger partial charge in [0.2, 0.25) is 15.0 Å². The van der Waals surface area contributed by atoms with Crippen molar-refractivity contribution in [1.29, 1.82) is 0 Å².